The van der Waals surface area contributed by atoms with Gasteiger partial charge in [-0.05, 0) is 68.9 Å². The molecule has 272 valence electrons. The van der Waals surface area contributed by atoms with E-state index < -0.39 is 56.1 Å². The standard InChI is InChI=1S/C40H55NO8Si/c1-29(47-37(43)34(41-38(44)48-39(2,3)4)28-45-26-31-21-15-11-16-22-31)35(49-50(8,9)40(5,6)7)33(25-30-19-13-10-14-20-30)36(42)46-27-32-23-17-12-18-24-32/h10-24,29,33-35H,25-28H2,1-9H3,(H,41,44)/t29-,33+,34-,35-/m0/s1. The number of rotatable bonds is 16. The molecule has 0 fully saturated rings. The molecule has 0 spiro atoms. The molecule has 0 aliphatic rings. The van der Waals surface area contributed by atoms with Crippen molar-refractivity contribution in [1.82, 2.24) is 5.32 Å². The average molecular weight is 706 g/mol. The fourth-order valence-electron chi connectivity index (χ4n) is 4.88. The van der Waals surface area contributed by atoms with Crippen LogP contribution in [-0.2, 0) is 52.6 Å². The number of carbonyl (C=O) groups excluding carboxylic acids is 3. The Bertz CT molecular complexity index is 1490. The first kappa shape index (κ1) is 40.4. The third kappa shape index (κ3) is 13.4. The van der Waals surface area contributed by atoms with Crippen LogP contribution in [0.5, 0.6) is 0 Å². The van der Waals surface area contributed by atoms with Crippen LogP contribution in [0.25, 0.3) is 0 Å². The maximum Gasteiger partial charge on any atom is 0.408 e. The molecular weight excluding hydrogens is 651 g/mol. The van der Waals surface area contributed by atoms with Gasteiger partial charge in [0.05, 0.1) is 25.2 Å². The highest BCUT2D eigenvalue weighted by molar-refractivity contribution is 6.74. The highest BCUT2D eigenvalue weighted by Crippen LogP contribution is 2.39. The monoisotopic (exact) mass is 705 g/mol. The molecule has 0 heterocycles. The maximum absolute atomic E-state index is 14.1. The van der Waals surface area contributed by atoms with Gasteiger partial charge < -0.3 is 28.7 Å². The number of carbonyl (C=O) groups is 3. The number of nitrogens with one attached hydrogen (secondary N) is 1. The first-order valence-electron chi connectivity index (χ1n) is 17.2. The van der Waals surface area contributed by atoms with E-state index in [0.717, 1.165) is 16.7 Å². The molecular formula is C40H55NO8Si. The van der Waals surface area contributed by atoms with Crippen LogP contribution >= 0.6 is 0 Å². The summed E-state index contributed by atoms with van der Waals surface area (Å²) < 4.78 is 30.3. The van der Waals surface area contributed by atoms with Gasteiger partial charge >= 0.3 is 18.0 Å². The molecule has 0 aliphatic heterocycles. The zero-order chi connectivity index (χ0) is 37.0. The normalized spacial score (nSPS) is 14.5. The van der Waals surface area contributed by atoms with E-state index in [1.165, 1.54) is 0 Å². The molecule has 1 amide bonds. The lowest BCUT2D eigenvalue weighted by atomic mass is 9.91. The molecule has 0 saturated carbocycles. The molecule has 3 rings (SSSR count). The van der Waals surface area contributed by atoms with Gasteiger partial charge in [0.1, 0.15) is 18.3 Å². The molecule has 0 aliphatic carbocycles. The average Bonchev–Trinajstić information content (AvgIpc) is 3.04. The number of esters is 2. The van der Waals surface area contributed by atoms with E-state index in [9.17, 15) is 14.4 Å². The van der Waals surface area contributed by atoms with Gasteiger partial charge in [0, 0.05) is 0 Å². The molecule has 3 aromatic carbocycles. The zero-order valence-electron chi connectivity index (χ0n) is 31.1. The van der Waals surface area contributed by atoms with Crippen molar-refractivity contribution in [3.8, 4) is 0 Å². The predicted molar refractivity (Wildman–Crippen MR) is 197 cm³/mol. The Labute approximate surface area is 299 Å². The van der Waals surface area contributed by atoms with E-state index in [1.807, 2.05) is 91.0 Å². The van der Waals surface area contributed by atoms with Crippen LogP contribution < -0.4 is 5.32 Å². The number of ether oxygens (including phenoxy) is 4. The third-order valence-electron chi connectivity index (χ3n) is 8.59. The van der Waals surface area contributed by atoms with Gasteiger partial charge in [-0.1, -0.05) is 112 Å². The van der Waals surface area contributed by atoms with Crippen LogP contribution in [0.15, 0.2) is 91.0 Å². The molecule has 3 aromatic rings. The Kier molecular flexibility index (Phi) is 14.8. The van der Waals surface area contributed by atoms with Crippen LogP contribution in [0.4, 0.5) is 4.79 Å². The second-order valence-corrected chi connectivity index (χ2v) is 19.8. The second kappa shape index (κ2) is 18.3. The first-order chi connectivity index (χ1) is 23.4. The van der Waals surface area contributed by atoms with Gasteiger partial charge in [0.15, 0.2) is 14.4 Å². The summed E-state index contributed by atoms with van der Waals surface area (Å²) in [6.45, 7) is 17.6. The minimum absolute atomic E-state index is 0.0899. The molecule has 0 aromatic heterocycles. The van der Waals surface area contributed by atoms with E-state index >= 15 is 0 Å². The summed E-state index contributed by atoms with van der Waals surface area (Å²) in [5, 5.41) is 2.41. The Hall–Kier alpha value is -3.99. The molecule has 0 saturated heterocycles. The molecule has 1 N–H and O–H groups in total. The molecule has 0 unspecified atom stereocenters. The summed E-state index contributed by atoms with van der Waals surface area (Å²) in [7, 11) is -2.55. The lowest BCUT2D eigenvalue weighted by Crippen LogP contribution is -2.53. The number of alkyl carbamates (subject to hydrolysis) is 1. The number of hydrogen-bond acceptors (Lipinski definition) is 8. The van der Waals surface area contributed by atoms with Crippen LogP contribution in [0.2, 0.25) is 18.1 Å². The third-order valence-corrected chi connectivity index (χ3v) is 13.1. The molecule has 0 bridgehead atoms. The van der Waals surface area contributed by atoms with Crippen molar-refractivity contribution < 1.29 is 37.8 Å². The van der Waals surface area contributed by atoms with Crippen molar-refractivity contribution in [2.45, 2.75) is 110 Å². The van der Waals surface area contributed by atoms with Crippen LogP contribution in [0.3, 0.4) is 0 Å². The predicted octanol–water partition coefficient (Wildman–Crippen LogP) is 8.02. The highest BCUT2D eigenvalue weighted by atomic mass is 28.4. The van der Waals surface area contributed by atoms with Gasteiger partial charge in [-0.3, -0.25) is 4.79 Å². The van der Waals surface area contributed by atoms with Crippen LogP contribution in [-0.4, -0.2) is 56.8 Å². The molecule has 50 heavy (non-hydrogen) atoms. The fraction of sp³-hybridized carbons (Fsp3) is 0.475. The SMILES string of the molecule is C[C@H](OC(=O)[C@H](COCc1ccccc1)NC(=O)OC(C)(C)C)[C@H](O[Si](C)(C)C(C)(C)C)[C@@H](Cc1ccccc1)C(=O)OCc1ccccc1. The number of hydrogen-bond donors (Lipinski definition) is 1. The summed E-state index contributed by atoms with van der Waals surface area (Å²) in [4.78, 5) is 40.8. The van der Waals surface area contributed by atoms with Gasteiger partial charge in [-0.25, -0.2) is 9.59 Å². The fourth-order valence-corrected chi connectivity index (χ4v) is 6.27. The van der Waals surface area contributed by atoms with Gasteiger partial charge in [0.25, 0.3) is 0 Å². The maximum atomic E-state index is 14.1. The number of amides is 1. The van der Waals surface area contributed by atoms with Crippen LogP contribution in [0, 0.1) is 5.92 Å². The molecule has 4 atom stereocenters. The zero-order valence-corrected chi connectivity index (χ0v) is 32.1. The second-order valence-electron chi connectivity index (χ2n) is 15.1. The lowest BCUT2D eigenvalue weighted by Gasteiger charge is -2.42. The van der Waals surface area contributed by atoms with Crippen molar-refractivity contribution in [1.29, 1.82) is 0 Å². The van der Waals surface area contributed by atoms with Crippen molar-refractivity contribution in [3.63, 3.8) is 0 Å². The molecule has 10 heteroatoms. The van der Waals surface area contributed by atoms with Crippen molar-refractivity contribution >= 4 is 26.3 Å². The molecule has 0 radical (unpaired) electrons. The summed E-state index contributed by atoms with van der Waals surface area (Å²) >= 11 is 0. The summed E-state index contributed by atoms with van der Waals surface area (Å²) in [5.41, 5.74) is 1.89. The van der Waals surface area contributed by atoms with E-state index in [-0.39, 0.29) is 24.9 Å². The van der Waals surface area contributed by atoms with Gasteiger partial charge in [-0.2, -0.15) is 0 Å². The van der Waals surface area contributed by atoms with Gasteiger partial charge in [-0.15, -0.1) is 0 Å². The minimum atomic E-state index is -2.55. The number of benzene rings is 3. The van der Waals surface area contributed by atoms with E-state index in [4.69, 9.17) is 23.4 Å². The van der Waals surface area contributed by atoms with Gasteiger partial charge in [0.2, 0.25) is 0 Å². The highest BCUT2D eigenvalue weighted by Gasteiger charge is 2.45. The van der Waals surface area contributed by atoms with E-state index in [1.54, 1.807) is 27.7 Å². The van der Waals surface area contributed by atoms with Crippen molar-refractivity contribution in [2.75, 3.05) is 6.61 Å². The summed E-state index contributed by atoms with van der Waals surface area (Å²) in [6, 6.07) is 27.4. The van der Waals surface area contributed by atoms with Crippen molar-refractivity contribution in [2.24, 2.45) is 5.92 Å². The van der Waals surface area contributed by atoms with E-state index in [2.05, 4.69) is 39.2 Å². The Balaban J connectivity index is 1.93. The van der Waals surface area contributed by atoms with E-state index in [0.29, 0.717) is 6.42 Å². The smallest absolute Gasteiger partial charge is 0.408 e. The Morgan fingerprint density at radius 2 is 1.22 bits per heavy atom. The lowest BCUT2D eigenvalue weighted by molar-refractivity contribution is -0.167. The largest absolute Gasteiger partial charge is 0.461 e. The first-order valence-corrected chi connectivity index (χ1v) is 20.1. The quantitative estimate of drug-likeness (QED) is 0.0907. The van der Waals surface area contributed by atoms with Crippen molar-refractivity contribution in [3.05, 3.63) is 108 Å². The topological polar surface area (TPSA) is 109 Å². The minimum Gasteiger partial charge on any atom is -0.461 e. The Morgan fingerprint density at radius 1 is 0.720 bits per heavy atom. The van der Waals surface area contributed by atoms with Crippen LogP contribution in [0.1, 0.15) is 65.2 Å². The Morgan fingerprint density at radius 3 is 1.72 bits per heavy atom. The molecule has 9 nitrogen and oxygen atoms in total. The summed E-state index contributed by atoms with van der Waals surface area (Å²) in [5.74, 6) is -2.01. The summed E-state index contributed by atoms with van der Waals surface area (Å²) in [6.07, 6.45) is -2.26.